The largest absolute Gasteiger partial charge is 0.354 e. The number of hydrogen-bond acceptors (Lipinski definition) is 5. The van der Waals surface area contributed by atoms with Gasteiger partial charge in [0.1, 0.15) is 5.82 Å². The maximum absolute atomic E-state index is 12.8. The maximum atomic E-state index is 12.8. The number of pyridine rings is 1. The molecular formula is C23H29N5O2. The topological polar surface area (TPSA) is 68.8 Å². The first kappa shape index (κ1) is 20.3. The molecule has 0 saturated carbocycles. The van der Waals surface area contributed by atoms with Gasteiger partial charge in [0.2, 0.25) is 11.8 Å². The number of likely N-dealkylation sites (N-methyl/N-ethyl adjacent to an activating group) is 1. The lowest BCUT2D eigenvalue weighted by molar-refractivity contribution is -0.122. The van der Waals surface area contributed by atoms with E-state index in [1.165, 1.54) is 0 Å². The van der Waals surface area contributed by atoms with Gasteiger partial charge in [-0.25, -0.2) is 4.98 Å². The van der Waals surface area contributed by atoms with E-state index in [0.29, 0.717) is 12.2 Å². The van der Waals surface area contributed by atoms with Gasteiger partial charge in [0, 0.05) is 44.8 Å². The lowest BCUT2D eigenvalue weighted by Gasteiger charge is -2.33. The zero-order valence-electron chi connectivity index (χ0n) is 17.7. The van der Waals surface area contributed by atoms with Crippen molar-refractivity contribution >= 4 is 29.0 Å². The first-order valence-corrected chi connectivity index (χ1v) is 10.6. The van der Waals surface area contributed by atoms with Crippen molar-refractivity contribution in [2.45, 2.75) is 19.8 Å². The number of aromatic nitrogens is 1. The van der Waals surface area contributed by atoms with Gasteiger partial charge >= 0.3 is 0 Å². The number of hydrogen-bond donors (Lipinski definition) is 1. The van der Waals surface area contributed by atoms with Gasteiger partial charge in [0.05, 0.1) is 17.8 Å². The predicted octanol–water partition coefficient (Wildman–Crippen LogP) is 2.39. The van der Waals surface area contributed by atoms with Crippen LogP contribution < -0.4 is 15.1 Å². The van der Waals surface area contributed by atoms with Crippen LogP contribution in [-0.4, -0.2) is 61.5 Å². The second-order valence-electron chi connectivity index (χ2n) is 8.07. The maximum Gasteiger partial charge on any atom is 0.229 e. The van der Waals surface area contributed by atoms with Crippen LogP contribution in [0.4, 0.5) is 17.2 Å². The van der Waals surface area contributed by atoms with E-state index in [9.17, 15) is 9.59 Å². The molecule has 0 spiro atoms. The molecular weight excluding hydrogens is 378 g/mol. The van der Waals surface area contributed by atoms with E-state index in [-0.39, 0.29) is 24.2 Å². The molecule has 7 heteroatoms. The molecule has 1 aromatic heterocycles. The number of para-hydroxylation sites is 1. The minimum absolute atomic E-state index is 0.000380. The van der Waals surface area contributed by atoms with Crippen molar-refractivity contribution in [1.29, 1.82) is 0 Å². The Morgan fingerprint density at radius 2 is 1.90 bits per heavy atom. The molecule has 0 radical (unpaired) electrons. The van der Waals surface area contributed by atoms with Crippen molar-refractivity contribution in [3.05, 3.63) is 48.2 Å². The molecule has 2 aromatic rings. The molecule has 158 valence electrons. The smallest absolute Gasteiger partial charge is 0.229 e. The Balaban J connectivity index is 1.38. The van der Waals surface area contributed by atoms with Crippen LogP contribution >= 0.6 is 0 Å². The van der Waals surface area contributed by atoms with Crippen molar-refractivity contribution in [1.82, 2.24) is 9.88 Å². The van der Waals surface area contributed by atoms with Crippen molar-refractivity contribution in [2.75, 3.05) is 54.9 Å². The summed E-state index contributed by atoms with van der Waals surface area (Å²) in [5, 5.41) is 2.94. The number of benzene rings is 1. The third-order valence-corrected chi connectivity index (χ3v) is 6.00. The van der Waals surface area contributed by atoms with E-state index in [0.717, 1.165) is 49.7 Å². The molecule has 1 N–H and O–H groups in total. The molecule has 1 atom stereocenters. The van der Waals surface area contributed by atoms with Gasteiger partial charge in [0.15, 0.2) is 0 Å². The van der Waals surface area contributed by atoms with Gasteiger partial charge in [-0.05, 0) is 37.2 Å². The fourth-order valence-corrected chi connectivity index (χ4v) is 4.12. The summed E-state index contributed by atoms with van der Waals surface area (Å²) in [4.78, 5) is 36.2. The fraction of sp³-hybridized carbons (Fsp3) is 0.435. The van der Waals surface area contributed by atoms with Gasteiger partial charge in [-0.3, -0.25) is 9.59 Å². The molecule has 30 heavy (non-hydrogen) atoms. The Labute approximate surface area is 177 Å². The van der Waals surface area contributed by atoms with Crippen LogP contribution in [0.5, 0.6) is 0 Å². The Kier molecular flexibility index (Phi) is 5.99. The van der Waals surface area contributed by atoms with Crippen LogP contribution in [0.2, 0.25) is 0 Å². The second kappa shape index (κ2) is 8.83. The number of carbonyl (C=O) groups excluding carboxylic acids is 2. The lowest BCUT2D eigenvalue weighted by Crippen LogP contribution is -2.44. The Morgan fingerprint density at radius 1 is 1.13 bits per heavy atom. The first-order chi connectivity index (χ1) is 14.5. The molecule has 2 saturated heterocycles. The highest BCUT2D eigenvalue weighted by molar-refractivity contribution is 6.03. The molecule has 0 aliphatic carbocycles. The highest BCUT2D eigenvalue weighted by Crippen LogP contribution is 2.29. The van der Waals surface area contributed by atoms with Gasteiger partial charge in [-0.1, -0.05) is 25.1 Å². The van der Waals surface area contributed by atoms with E-state index < -0.39 is 0 Å². The van der Waals surface area contributed by atoms with Crippen LogP contribution in [0, 0.1) is 5.92 Å². The van der Waals surface area contributed by atoms with Crippen molar-refractivity contribution in [3.63, 3.8) is 0 Å². The monoisotopic (exact) mass is 407 g/mol. The summed E-state index contributed by atoms with van der Waals surface area (Å²) in [6.45, 7) is 6.43. The summed E-state index contributed by atoms with van der Waals surface area (Å²) in [5.41, 5.74) is 2.70. The number of rotatable bonds is 5. The molecule has 2 amide bonds. The third-order valence-electron chi connectivity index (χ3n) is 6.00. The quantitative estimate of drug-likeness (QED) is 0.824. The first-order valence-electron chi connectivity index (χ1n) is 10.6. The molecule has 2 fully saturated rings. The number of amides is 2. The van der Waals surface area contributed by atoms with Gasteiger partial charge in [-0.2, -0.15) is 0 Å². The highest BCUT2D eigenvalue weighted by Gasteiger charge is 2.35. The lowest BCUT2D eigenvalue weighted by atomic mass is 10.1. The summed E-state index contributed by atoms with van der Waals surface area (Å²) < 4.78 is 0. The van der Waals surface area contributed by atoms with E-state index >= 15 is 0 Å². The summed E-state index contributed by atoms with van der Waals surface area (Å²) in [5.74, 6) is 0.438. The van der Waals surface area contributed by atoms with Crippen LogP contribution in [-0.2, 0) is 16.0 Å². The normalized spacial score (nSPS) is 19.9. The van der Waals surface area contributed by atoms with E-state index in [1.54, 1.807) is 11.1 Å². The predicted molar refractivity (Wildman–Crippen MR) is 119 cm³/mol. The van der Waals surface area contributed by atoms with Crippen LogP contribution in [0.15, 0.2) is 42.6 Å². The molecule has 2 aliphatic heterocycles. The zero-order valence-corrected chi connectivity index (χ0v) is 17.7. The van der Waals surface area contributed by atoms with Crippen LogP contribution in [0.3, 0.4) is 0 Å². The van der Waals surface area contributed by atoms with E-state index in [2.05, 4.69) is 34.1 Å². The number of anilines is 3. The molecule has 3 heterocycles. The molecule has 4 rings (SSSR count). The number of nitrogens with one attached hydrogen (secondary N) is 1. The summed E-state index contributed by atoms with van der Waals surface area (Å²) in [7, 11) is 2.12. The molecule has 1 aromatic carbocycles. The number of aryl methyl sites for hydroxylation is 1. The number of carbonyl (C=O) groups is 2. The van der Waals surface area contributed by atoms with Crippen LogP contribution in [0.25, 0.3) is 0 Å². The molecule has 2 aliphatic rings. The summed E-state index contributed by atoms with van der Waals surface area (Å²) in [6, 6.07) is 11.7. The highest BCUT2D eigenvalue weighted by atomic mass is 16.2. The third kappa shape index (κ3) is 4.31. The molecule has 7 nitrogen and oxygen atoms in total. The Hall–Kier alpha value is -2.93. The van der Waals surface area contributed by atoms with Crippen LogP contribution in [0.1, 0.15) is 18.9 Å². The fourth-order valence-electron chi connectivity index (χ4n) is 4.12. The van der Waals surface area contributed by atoms with E-state index in [1.807, 2.05) is 36.4 Å². The molecule has 0 bridgehead atoms. The average Bonchev–Trinajstić information content (AvgIpc) is 3.16. The second-order valence-corrected chi connectivity index (χ2v) is 8.07. The zero-order chi connectivity index (χ0) is 21.1. The average molecular weight is 408 g/mol. The van der Waals surface area contributed by atoms with Crippen molar-refractivity contribution in [2.24, 2.45) is 5.92 Å². The van der Waals surface area contributed by atoms with E-state index in [4.69, 9.17) is 0 Å². The van der Waals surface area contributed by atoms with Gasteiger partial charge in [-0.15, -0.1) is 0 Å². The minimum atomic E-state index is -0.361. The van der Waals surface area contributed by atoms with Gasteiger partial charge < -0.3 is 20.0 Å². The summed E-state index contributed by atoms with van der Waals surface area (Å²) >= 11 is 0. The number of piperazine rings is 1. The van der Waals surface area contributed by atoms with Crippen molar-refractivity contribution in [3.8, 4) is 0 Å². The minimum Gasteiger partial charge on any atom is -0.354 e. The van der Waals surface area contributed by atoms with Gasteiger partial charge in [0.25, 0.3) is 0 Å². The number of nitrogens with zero attached hydrogens (tertiary/aromatic N) is 4. The molecule has 1 unspecified atom stereocenters. The Bertz CT molecular complexity index is 906. The Morgan fingerprint density at radius 3 is 2.60 bits per heavy atom. The van der Waals surface area contributed by atoms with Crippen molar-refractivity contribution < 1.29 is 9.59 Å². The SMILES string of the molecule is CCc1ccccc1N1CC(C(=O)Nc2ccc(N3CCN(C)CC3)nc2)CC1=O. The summed E-state index contributed by atoms with van der Waals surface area (Å²) in [6.07, 6.45) is 2.78. The standard InChI is InChI=1S/C23H29N5O2/c1-3-17-6-4-5-7-20(17)28-16-18(14-22(28)29)23(30)25-19-8-9-21(24-15-19)27-12-10-26(2)11-13-27/h4-9,15,18H,3,10-14,16H2,1-2H3,(H,25,30).